The second-order valence-electron chi connectivity index (χ2n) is 6.28. The topological polar surface area (TPSA) is 75.9 Å². The maximum Gasteiger partial charge on any atom is 0.237 e. The summed E-state index contributed by atoms with van der Waals surface area (Å²) in [5, 5.41) is 14.9. The largest absolute Gasteiger partial charge is 0.358 e. The molecule has 7 heteroatoms. The molecule has 0 saturated heterocycles. The van der Waals surface area contributed by atoms with Crippen LogP contribution < -0.4 is 5.32 Å². The van der Waals surface area contributed by atoms with Gasteiger partial charge in [0, 0.05) is 13.6 Å². The van der Waals surface area contributed by atoms with E-state index in [4.69, 9.17) is 0 Å². The Kier molecular flexibility index (Phi) is 3.57. The van der Waals surface area contributed by atoms with E-state index in [-0.39, 0.29) is 11.9 Å². The molecule has 0 spiro atoms. The highest BCUT2D eigenvalue weighted by atomic mass is 16.2. The maximum absolute atomic E-state index is 12.3. The number of tetrazole rings is 1. The monoisotopic (exact) mass is 312 g/mol. The Balaban J connectivity index is 1.61. The molecule has 1 aliphatic heterocycles. The van der Waals surface area contributed by atoms with Gasteiger partial charge in [0.05, 0.1) is 18.6 Å². The van der Waals surface area contributed by atoms with Gasteiger partial charge in [-0.05, 0) is 40.8 Å². The van der Waals surface area contributed by atoms with Crippen molar-refractivity contribution in [2.24, 2.45) is 0 Å². The molecule has 2 aliphatic rings. The van der Waals surface area contributed by atoms with E-state index in [1.165, 1.54) is 11.1 Å². The molecular formula is C16H20N6O. The van der Waals surface area contributed by atoms with Crippen molar-refractivity contribution in [3.63, 3.8) is 0 Å². The molecule has 1 aliphatic carbocycles. The predicted molar refractivity (Wildman–Crippen MR) is 83.3 cm³/mol. The number of nitrogens with zero attached hydrogens (tertiary/aromatic N) is 5. The first-order valence-electron chi connectivity index (χ1n) is 8.05. The summed E-state index contributed by atoms with van der Waals surface area (Å²) in [4.78, 5) is 14.5. The third-order valence-electron chi connectivity index (χ3n) is 4.69. The van der Waals surface area contributed by atoms with Gasteiger partial charge in [0.2, 0.25) is 5.91 Å². The van der Waals surface area contributed by atoms with E-state index in [2.05, 4.69) is 37.9 Å². The zero-order valence-electron chi connectivity index (χ0n) is 13.1. The number of rotatable bonds is 4. The fraction of sp³-hybridized carbons (Fsp3) is 0.500. The van der Waals surface area contributed by atoms with E-state index in [0.29, 0.717) is 12.6 Å². The lowest BCUT2D eigenvalue weighted by atomic mass is 9.93. The number of aromatic nitrogens is 4. The molecular weight excluding hydrogens is 292 g/mol. The van der Waals surface area contributed by atoms with Gasteiger partial charge in [-0.2, -0.15) is 0 Å². The van der Waals surface area contributed by atoms with Crippen LogP contribution in [0, 0.1) is 0 Å². The molecule has 23 heavy (non-hydrogen) atoms. The zero-order valence-corrected chi connectivity index (χ0v) is 13.1. The summed E-state index contributed by atoms with van der Waals surface area (Å²) in [6, 6.07) is 8.58. The number of carbonyl (C=O) groups is 1. The Morgan fingerprint density at radius 2 is 2.09 bits per heavy atom. The summed E-state index contributed by atoms with van der Waals surface area (Å²) in [6.07, 6.45) is 3.00. The van der Waals surface area contributed by atoms with E-state index >= 15 is 0 Å². The predicted octanol–water partition coefficient (Wildman–Crippen LogP) is 0.681. The number of carbonyl (C=O) groups excluding carboxylic acids is 1. The van der Waals surface area contributed by atoms with Crippen LogP contribution >= 0.6 is 0 Å². The highest BCUT2D eigenvalue weighted by molar-refractivity contribution is 5.82. The Bertz CT molecular complexity index is 723. The Labute approximate surface area is 134 Å². The molecule has 2 heterocycles. The van der Waals surface area contributed by atoms with Gasteiger partial charge in [0.15, 0.2) is 5.82 Å². The average molecular weight is 312 g/mol. The van der Waals surface area contributed by atoms with E-state index in [1.54, 1.807) is 7.05 Å². The molecule has 2 aromatic rings. The first-order valence-corrected chi connectivity index (χ1v) is 8.05. The minimum Gasteiger partial charge on any atom is -0.358 e. The number of likely N-dealkylation sites (N-methyl/N-ethyl adjacent to an activating group) is 1. The van der Waals surface area contributed by atoms with Gasteiger partial charge in [0.1, 0.15) is 0 Å². The van der Waals surface area contributed by atoms with Crippen LogP contribution in [0.2, 0.25) is 0 Å². The quantitative estimate of drug-likeness (QED) is 0.898. The van der Waals surface area contributed by atoms with Crippen molar-refractivity contribution in [3.05, 3.63) is 41.2 Å². The Hall–Kier alpha value is -2.28. The summed E-state index contributed by atoms with van der Waals surface area (Å²) in [5.74, 6) is 0.894. The van der Waals surface area contributed by atoms with Gasteiger partial charge in [-0.15, -0.1) is 5.10 Å². The fourth-order valence-corrected chi connectivity index (χ4v) is 3.27. The Morgan fingerprint density at radius 1 is 1.30 bits per heavy atom. The molecule has 1 N–H and O–H groups in total. The van der Waals surface area contributed by atoms with Gasteiger partial charge in [-0.3, -0.25) is 9.69 Å². The second-order valence-corrected chi connectivity index (χ2v) is 6.28. The lowest BCUT2D eigenvalue weighted by Gasteiger charge is -2.35. The van der Waals surface area contributed by atoms with Crippen LogP contribution in [-0.2, 0) is 24.3 Å². The van der Waals surface area contributed by atoms with Crippen LogP contribution in [0.15, 0.2) is 24.3 Å². The first kappa shape index (κ1) is 14.3. The molecule has 1 atom stereocenters. The summed E-state index contributed by atoms with van der Waals surface area (Å²) in [5.41, 5.74) is 2.53. The summed E-state index contributed by atoms with van der Waals surface area (Å²) in [6.45, 7) is 1.34. The summed E-state index contributed by atoms with van der Waals surface area (Å²) in [7, 11) is 1.69. The van der Waals surface area contributed by atoms with Crippen LogP contribution in [0.5, 0.6) is 0 Å². The minimum atomic E-state index is -0.181. The lowest BCUT2D eigenvalue weighted by molar-refractivity contribution is -0.126. The molecule has 0 bridgehead atoms. The van der Waals surface area contributed by atoms with Crippen molar-refractivity contribution >= 4 is 5.91 Å². The highest BCUT2D eigenvalue weighted by Crippen LogP contribution is 2.35. The highest BCUT2D eigenvalue weighted by Gasteiger charge is 2.34. The summed E-state index contributed by atoms with van der Waals surface area (Å²) >= 11 is 0. The van der Waals surface area contributed by atoms with Crippen LogP contribution in [0.4, 0.5) is 0 Å². The number of benzene rings is 1. The van der Waals surface area contributed by atoms with Crippen molar-refractivity contribution in [1.82, 2.24) is 30.4 Å². The van der Waals surface area contributed by atoms with E-state index < -0.39 is 0 Å². The minimum absolute atomic E-state index is 0.0462. The number of hydrogen-bond acceptors (Lipinski definition) is 5. The molecule has 1 amide bonds. The lowest BCUT2D eigenvalue weighted by Crippen LogP contribution is -2.49. The SMILES string of the molecule is CNC(=O)C1Cc2ccccc2CN1Cc1nnnn1C1CC1. The third kappa shape index (κ3) is 2.72. The third-order valence-corrected chi connectivity index (χ3v) is 4.69. The van der Waals surface area contributed by atoms with Crippen molar-refractivity contribution in [2.45, 2.75) is 44.4 Å². The number of nitrogens with one attached hydrogen (secondary N) is 1. The van der Waals surface area contributed by atoms with Crippen LogP contribution in [0.25, 0.3) is 0 Å². The number of amides is 1. The molecule has 4 rings (SSSR count). The first-order chi connectivity index (χ1) is 11.3. The normalized spacial score (nSPS) is 21.0. The molecule has 1 aromatic heterocycles. The number of fused-ring (bicyclic) bond motifs is 1. The molecule has 1 fully saturated rings. The second kappa shape index (κ2) is 5.73. The van der Waals surface area contributed by atoms with Crippen molar-refractivity contribution in [2.75, 3.05) is 7.05 Å². The zero-order chi connectivity index (χ0) is 15.8. The molecule has 7 nitrogen and oxygen atoms in total. The van der Waals surface area contributed by atoms with Crippen LogP contribution in [0.1, 0.15) is 35.8 Å². The van der Waals surface area contributed by atoms with E-state index in [0.717, 1.165) is 31.6 Å². The standard InChI is InChI=1S/C16H20N6O/c1-17-16(23)14-8-11-4-2-3-5-12(11)9-21(14)10-15-18-19-20-22(15)13-6-7-13/h2-5,13-14H,6-10H2,1H3,(H,17,23). The summed E-state index contributed by atoms with van der Waals surface area (Å²) < 4.78 is 1.92. The van der Waals surface area contributed by atoms with Crippen molar-refractivity contribution < 1.29 is 4.79 Å². The Morgan fingerprint density at radius 3 is 2.83 bits per heavy atom. The van der Waals surface area contributed by atoms with Gasteiger partial charge >= 0.3 is 0 Å². The maximum atomic E-state index is 12.3. The molecule has 1 unspecified atom stereocenters. The van der Waals surface area contributed by atoms with Gasteiger partial charge < -0.3 is 5.32 Å². The molecule has 120 valence electrons. The fourth-order valence-electron chi connectivity index (χ4n) is 3.27. The van der Waals surface area contributed by atoms with Gasteiger partial charge in [-0.25, -0.2) is 4.68 Å². The van der Waals surface area contributed by atoms with E-state index in [9.17, 15) is 4.79 Å². The smallest absolute Gasteiger partial charge is 0.237 e. The van der Waals surface area contributed by atoms with Gasteiger partial charge in [-0.1, -0.05) is 24.3 Å². The van der Waals surface area contributed by atoms with Crippen LogP contribution in [0.3, 0.4) is 0 Å². The van der Waals surface area contributed by atoms with Gasteiger partial charge in [0.25, 0.3) is 0 Å². The molecule has 1 saturated carbocycles. The van der Waals surface area contributed by atoms with Crippen molar-refractivity contribution in [1.29, 1.82) is 0 Å². The molecule has 0 radical (unpaired) electrons. The number of hydrogen-bond donors (Lipinski definition) is 1. The van der Waals surface area contributed by atoms with Crippen molar-refractivity contribution in [3.8, 4) is 0 Å². The molecule has 1 aromatic carbocycles. The van der Waals surface area contributed by atoms with E-state index in [1.807, 2.05) is 16.8 Å². The van der Waals surface area contributed by atoms with Crippen LogP contribution in [-0.4, -0.2) is 44.1 Å². The average Bonchev–Trinajstić information content (AvgIpc) is 3.33.